The van der Waals surface area contributed by atoms with Crippen LogP contribution in [0.3, 0.4) is 0 Å². The molecule has 5 rings (SSSR count). The molecule has 2 aromatic heterocycles. The molecule has 4 aromatic rings. The van der Waals surface area contributed by atoms with E-state index in [4.69, 9.17) is 4.74 Å². The van der Waals surface area contributed by atoms with Gasteiger partial charge < -0.3 is 14.6 Å². The van der Waals surface area contributed by atoms with E-state index in [-0.39, 0.29) is 23.7 Å². The molecule has 1 saturated heterocycles. The number of H-pyrrole nitrogens is 1. The van der Waals surface area contributed by atoms with Crippen molar-refractivity contribution in [2.24, 2.45) is 0 Å². The summed E-state index contributed by atoms with van der Waals surface area (Å²) in [5.41, 5.74) is 4.70. The van der Waals surface area contributed by atoms with Crippen LogP contribution in [-0.2, 0) is 4.74 Å². The van der Waals surface area contributed by atoms with Crippen molar-refractivity contribution in [1.29, 1.82) is 0 Å². The maximum atomic E-state index is 14.0. The van der Waals surface area contributed by atoms with Crippen molar-refractivity contribution >= 4 is 27.7 Å². The van der Waals surface area contributed by atoms with Crippen LogP contribution in [0.15, 0.2) is 36.5 Å². The number of fused-ring (bicyclic) bond motifs is 2. The molecule has 3 heterocycles. The highest BCUT2D eigenvalue weighted by molar-refractivity contribution is 6.12. The first-order valence-corrected chi connectivity index (χ1v) is 10.1. The van der Waals surface area contributed by atoms with Gasteiger partial charge in [-0.1, -0.05) is 13.8 Å². The lowest BCUT2D eigenvalue weighted by Crippen LogP contribution is -2.48. The van der Waals surface area contributed by atoms with E-state index in [9.17, 15) is 9.18 Å². The zero-order chi connectivity index (χ0) is 21.0. The number of halogens is 1. The third-order valence-electron chi connectivity index (χ3n) is 5.71. The number of hydrogen-bond acceptors (Lipinski definition) is 3. The second kappa shape index (κ2) is 6.95. The first-order chi connectivity index (χ1) is 14.4. The number of benzene rings is 2. The van der Waals surface area contributed by atoms with E-state index < -0.39 is 0 Å². The summed E-state index contributed by atoms with van der Waals surface area (Å²) in [7, 11) is 0. The standard InChI is InChI=1S/C23H23FN4O2/c1-12(2)22-21(23(29)26-15-10-30-11-15)17-8-19-14(9-25-27-19)7-20(17)28(22)16-4-5-18(24)13(3)6-16/h4-9,12,15H,10-11H2,1-3H3,(H,25,27)(H,26,29). The molecule has 0 spiro atoms. The average Bonchev–Trinajstić information content (AvgIpc) is 3.26. The maximum Gasteiger partial charge on any atom is 0.254 e. The van der Waals surface area contributed by atoms with E-state index in [1.54, 1.807) is 19.2 Å². The minimum absolute atomic E-state index is 0.0277. The number of rotatable bonds is 4. The van der Waals surface area contributed by atoms with Gasteiger partial charge >= 0.3 is 0 Å². The molecule has 6 nitrogen and oxygen atoms in total. The predicted octanol–water partition coefficient (Wildman–Crippen LogP) is 4.21. The molecule has 30 heavy (non-hydrogen) atoms. The molecule has 1 aliphatic rings. The van der Waals surface area contributed by atoms with Crippen molar-refractivity contribution in [2.75, 3.05) is 13.2 Å². The van der Waals surface area contributed by atoms with E-state index in [0.29, 0.717) is 24.3 Å². The van der Waals surface area contributed by atoms with Crippen LogP contribution in [0.4, 0.5) is 4.39 Å². The van der Waals surface area contributed by atoms with E-state index >= 15 is 0 Å². The number of carbonyl (C=O) groups excluding carboxylic acids is 1. The lowest BCUT2D eigenvalue weighted by atomic mass is 10.0. The van der Waals surface area contributed by atoms with Gasteiger partial charge in [0.05, 0.1) is 42.0 Å². The molecule has 154 valence electrons. The van der Waals surface area contributed by atoms with Gasteiger partial charge in [0.2, 0.25) is 0 Å². The second-order valence-electron chi connectivity index (χ2n) is 8.22. The lowest BCUT2D eigenvalue weighted by Gasteiger charge is -2.27. The van der Waals surface area contributed by atoms with Crippen LogP contribution in [0.5, 0.6) is 0 Å². The summed E-state index contributed by atoms with van der Waals surface area (Å²) in [6, 6.07) is 9.09. The third-order valence-corrected chi connectivity index (χ3v) is 5.71. The van der Waals surface area contributed by atoms with Gasteiger partial charge in [0.15, 0.2) is 0 Å². The number of aryl methyl sites for hydroxylation is 1. The molecule has 0 unspecified atom stereocenters. The minimum atomic E-state index is -0.249. The van der Waals surface area contributed by atoms with Gasteiger partial charge in [0, 0.05) is 22.2 Å². The Kier molecular flexibility index (Phi) is 4.36. The molecule has 1 amide bonds. The van der Waals surface area contributed by atoms with E-state index in [2.05, 4.69) is 33.9 Å². The summed E-state index contributed by atoms with van der Waals surface area (Å²) in [4.78, 5) is 13.4. The van der Waals surface area contributed by atoms with E-state index in [0.717, 1.165) is 33.2 Å². The Bertz CT molecular complexity index is 1280. The maximum absolute atomic E-state index is 14.0. The van der Waals surface area contributed by atoms with Crippen LogP contribution < -0.4 is 5.32 Å². The van der Waals surface area contributed by atoms with Gasteiger partial charge in [0.1, 0.15) is 5.82 Å². The molecule has 0 bridgehead atoms. The summed E-state index contributed by atoms with van der Waals surface area (Å²) in [5, 5.41) is 12.0. The topological polar surface area (TPSA) is 71.9 Å². The van der Waals surface area contributed by atoms with Gasteiger partial charge in [-0.25, -0.2) is 4.39 Å². The number of nitrogens with zero attached hydrogens (tertiary/aromatic N) is 2. The van der Waals surface area contributed by atoms with Gasteiger partial charge in [0.25, 0.3) is 5.91 Å². The number of nitrogens with one attached hydrogen (secondary N) is 2. The SMILES string of the molecule is Cc1cc(-n2c(C(C)C)c(C(=O)NC3COC3)c3cc4[nH]ncc4cc32)ccc1F. The van der Waals surface area contributed by atoms with Crippen LogP contribution in [0.2, 0.25) is 0 Å². The smallest absolute Gasteiger partial charge is 0.254 e. The number of ether oxygens (including phenoxy) is 1. The molecule has 1 fully saturated rings. The molecular weight excluding hydrogens is 383 g/mol. The van der Waals surface area contributed by atoms with Crippen LogP contribution in [-0.4, -0.2) is 39.9 Å². The van der Waals surface area contributed by atoms with Crippen molar-refractivity contribution in [3.8, 4) is 5.69 Å². The fourth-order valence-corrected chi connectivity index (χ4v) is 4.15. The molecular formula is C23H23FN4O2. The first-order valence-electron chi connectivity index (χ1n) is 10.1. The normalized spacial score (nSPS) is 14.6. The highest BCUT2D eigenvalue weighted by Crippen LogP contribution is 2.36. The van der Waals surface area contributed by atoms with Crippen LogP contribution in [0.25, 0.3) is 27.5 Å². The van der Waals surface area contributed by atoms with E-state index in [1.165, 1.54) is 6.07 Å². The molecule has 0 atom stereocenters. The van der Waals surface area contributed by atoms with Gasteiger partial charge in [-0.05, 0) is 48.7 Å². The van der Waals surface area contributed by atoms with Crippen LogP contribution in [0, 0.1) is 12.7 Å². The highest BCUT2D eigenvalue weighted by atomic mass is 19.1. The fourth-order valence-electron chi connectivity index (χ4n) is 4.15. The first kappa shape index (κ1) is 18.8. The number of aromatic amines is 1. The summed E-state index contributed by atoms with van der Waals surface area (Å²) >= 11 is 0. The summed E-state index contributed by atoms with van der Waals surface area (Å²) in [5.74, 6) is -0.299. The molecule has 0 radical (unpaired) electrons. The van der Waals surface area contributed by atoms with Crippen molar-refractivity contribution in [1.82, 2.24) is 20.1 Å². The molecule has 1 aliphatic heterocycles. The number of amides is 1. The Morgan fingerprint density at radius 2 is 2.10 bits per heavy atom. The van der Waals surface area contributed by atoms with Gasteiger partial charge in [-0.15, -0.1) is 0 Å². The van der Waals surface area contributed by atoms with Gasteiger partial charge in [-0.3, -0.25) is 9.89 Å². The molecule has 0 aliphatic carbocycles. The quantitative estimate of drug-likeness (QED) is 0.533. The van der Waals surface area contributed by atoms with Crippen molar-refractivity contribution in [3.05, 3.63) is 59.2 Å². The molecule has 7 heteroatoms. The summed E-state index contributed by atoms with van der Waals surface area (Å²) in [6.07, 6.45) is 1.77. The van der Waals surface area contributed by atoms with Gasteiger partial charge in [-0.2, -0.15) is 5.10 Å². The Hall–Kier alpha value is -3.19. The fraction of sp³-hybridized carbons (Fsp3) is 0.304. The molecule has 0 saturated carbocycles. The zero-order valence-corrected chi connectivity index (χ0v) is 17.1. The second-order valence-corrected chi connectivity index (χ2v) is 8.22. The number of hydrogen-bond donors (Lipinski definition) is 2. The Morgan fingerprint density at radius 3 is 2.77 bits per heavy atom. The monoisotopic (exact) mass is 406 g/mol. The summed E-state index contributed by atoms with van der Waals surface area (Å²) < 4.78 is 21.3. The van der Waals surface area contributed by atoms with Crippen molar-refractivity contribution in [3.63, 3.8) is 0 Å². The predicted molar refractivity (Wildman–Crippen MR) is 114 cm³/mol. The molecule has 2 N–H and O–H groups in total. The minimum Gasteiger partial charge on any atom is -0.377 e. The third kappa shape index (κ3) is 2.89. The van der Waals surface area contributed by atoms with E-state index in [1.807, 2.05) is 18.2 Å². The van der Waals surface area contributed by atoms with Crippen LogP contribution >= 0.6 is 0 Å². The zero-order valence-electron chi connectivity index (χ0n) is 17.1. The Labute approximate surface area is 173 Å². The van der Waals surface area contributed by atoms with Crippen molar-refractivity contribution < 1.29 is 13.9 Å². The Morgan fingerprint density at radius 1 is 1.30 bits per heavy atom. The number of aromatic nitrogens is 3. The lowest BCUT2D eigenvalue weighted by molar-refractivity contribution is -0.00345. The average molecular weight is 406 g/mol. The van der Waals surface area contributed by atoms with Crippen LogP contribution in [0.1, 0.15) is 41.4 Å². The highest BCUT2D eigenvalue weighted by Gasteiger charge is 2.29. The molecule has 2 aromatic carbocycles. The van der Waals surface area contributed by atoms with Crippen molar-refractivity contribution in [2.45, 2.75) is 32.7 Å². The largest absolute Gasteiger partial charge is 0.377 e. The number of carbonyl (C=O) groups is 1. The Balaban J connectivity index is 1.83. The summed E-state index contributed by atoms with van der Waals surface area (Å²) in [6.45, 7) is 6.94.